The molecule has 0 bridgehead atoms. The predicted molar refractivity (Wildman–Crippen MR) is 191 cm³/mol. The number of pyridine rings is 1. The summed E-state index contributed by atoms with van der Waals surface area (Å²) >= 11 is 0. The van der Waals surface area contributed by atoms with Gasteiger partial charge in [-0.2, -0.15) is 13.2 Å². The van der Waals surface area contributed by atoms with Gasteiger partial charge in [-0.3, -0.25) is 9.59 Å². The van der Waals surface area contributed by atoms with Crippen molar-refractivity contribution in [2.75, 3.05) is 38.7 Å². The van der Waals surface area contributed by atoms with Gasteiger partial charge in [0.25, 0.3) is 5.91 Å². The number of carbonyl (C=O) groups excluding carboxylic acids is 2. The van der Waals surface area contributed by atoms with Gasteiger partial charge in [-0.25, -0.2) is 9.88 Å². The van der Waals surface area contributed by atoms with E-state index in [9.17, 15) is 22.8 Å². The van der Waals surface area contributed by atoms with Gasteiger partial charge in [-0.15, -0.1) is 22.6 Å². The average Bonchev–Trinajstić information content (AvgIpc) is 3.62. The van der Waals surface area contributed by atoms with E-state index < -0.39 is 29.9 Å². The molecule has 5 N–H and O–H groups in total. The summed E-state index contributed by atoms with van der Waals surface area (Å²) in [5, 5.41) is 6.78. The van der Waals surface area contributed by atoms with Crippen molar-refractivity contribution in [1.82, 2.24) is 25.1 Å². The SMILES string of the molecule is CN(C)CCCOc1ccc(-c2cccc(C[C@H](N)C(=O)N(c3ccc(-c4nnc(C(F)(F)F)[nH]4)cc3)C(=O)[C@H]3CC[C@H](CN)CC3)c2)cn1.Cl. The van der Waals surface area contributed by atoms with Crippen LogP contribution in [0.5, 0.6) is 5.88 Å². The number of hydrogen-bond acceptors (Lipinski definition) is 9. The number of alkyl halides is 3. The van der Waals surface area contributed by atoms with Gasteiger partial charge in [0.2, 0.25) is 17.6 Å². The highest BCUT2D eigenvalue weighted by molar-refractivity contribution is 6.17. The highest BCUT2D eigenvalue weighted by atomic mass is 35.5. The van der Waals surface area contributed by atoms with Crippen molar-refractivity contribution in [3.63, 3.8) is 0 Å². The van der Waals surface area contributed by atoms with E-state index in [0.29, 0.717) is 43.4 Å². The number of nitrogens with one attached hydrogen (secondary N) is 1. The lowest BCUT2D eigenvalue weighted by atomic mass is 9.81. The fourth-order valence-electron chi connectivity index (χ4n) is 6.06. The van der Waals surface area contributed by atoms with E-state index in [2.05, 4.69) is 25.1 Å². The molecule has 0 radical (unpaired) electrons. The third kappa shape index (κ3) is 10.3. The zero-order valence-corrected chi connectivity index (χ0v) is 29.4. The predicted octanol–water partition coefficient (Wildman–Crippen LogP) is 5.50. The van der Waals surface area contributed by atoms with E-state index in [1.54, 1.807) is 6.20 Å². The molecule has 1 fully saturated rings. The van der Waals surface area contributed by atoms with Gasteiger partial charge >= 0.3 is 6.18 Å². The summed E-state index contributed by atoms with van der Waals surface area (Å²) in [4.78, 5) is 37.8. The quantitative estimate of drug-likeness (QED) is 0.151. The number of benzene rings is 2. The molecule has 274 valence electrons. The summed E-state index contributed by atoms with van der Waals surface area (Å²) in [6.07, 6.45) is 0.830. The van der Waals surface area contributed by atoms with Crippen molar-refractivity contribution < 1.29 is 27.5 Å². The minimum atomic E-state index is -4.68. The third-order valence-electron chi connectivity index (χ3n) is 8.89. The largest absolute Gasteiger partial charge is 0.478 e. The molecule has 4 aromatic rings. The van der Waals surface area contributed by atoms with Crippen molar-refractivity contribution in [1.29, 1.82) is 0 Å². The van der Waals surface area contributed by atoms with Crippen LogP contribution in [0.25, 0.3) is 22.5 Å². The number of rotatable bonds is 13. The maximum absolute atomic E-state index is 14.0. The van der Waals surface area contributed by atoms with Gasteiger partial charge in [-0.1, -0.05) is 24.3 Å². The molecule has 1 aliphatic carbocycles. The van der Waals surface area contributed by atoms with E-state index >= 15 is 0 Å². The molecule has 0 saturated heterocycles. The van der Waals surface area contributed by atoms with Crippen LogP contribution in [0.4, 0.5) is 18.9 Å². The van der Waals surface area contributed by atoms with Crippen molar-refractivity contribution in [3.8, 4) is 28.4 Å². The van der Waals surface area contributed by atoms with Crippen molar-refractivity contribution in [2.45, 2.75) is 50.7 Å². The van der Waals surface area contributed by atoms with Crippen LogP contribution < -0.4 is 21.1 Å². The van der Waals surface area contributed by atoms with Crippen molar-refractivity contribution >= 4 is 29.9 Å². The molecule has 0 aliphatic heterocycles. The molecule has 1 saturated carbocycles. The van der Waals surface area contributed by atoms with Crippen LogP contribution in [0.3, 0.4) is 0 Å². The van der Waals surface area contributed by atoms with Crippen molar-refractivity contribution in [3.05, 3.63) is 78.2 Å². The lowest BCUT2D eigenvalue weighted by Crippen LogP contribution is -2.50. The Morgan fingerprint density at radius 2 is 1.69 bits per heavy atom. The molecule has 0 spiro atoms. The van der Waals surface area contributed by atoms with Gasteiger partial charge in [0, 0.05) is 35.9 Å². The molecular formula is C36H44ClF3N8O3. The number of amides is 2. The summed E-state index contributed by atoms with van der Waals surface area (Å²) in [6, 6.07) is 16.3. The van der Waals surface area contributed by atoms with Gasteiger partial charge in [0.05, 0.1) is 18.3 Å². The first-order valence-electron chi connectivity index (χ1n) is 16.7. The second-order valence-electron chi connectivity index (χ2n) is 12.9. The Balaban J connectivity index is 0.00000583. The first-order chi connectivity index (χ1) is 23.9. The van der Waals surface area contributed by atoms with E-state index in [-0.39, 0.29) is 36.2 Å². The van der Waals surface area contributed by atoms with Crippen LogP contribution in [0.1, 0.15) is 43.5 Å². The fourth-order valence-corrected chi connectivity index (χ4v) is 6.06. The molecule has 5 rings (SSSR count). The third-order valence-corrected chi connectivity index (χ3v) is 8.89. The number of nitrogens with two attached hydrogens (primary N) is 2. The van der Waals surface area contributed by atoms with Crippen LogP contribution in [0.15, 0.2) is 66.9 Å². The molecule has 2 aromatic heterocycles. The van der Waals surface area contributed by atoms with Crippen LogP contribution in [0, 0.1) is 11.8 Å². The van der Waals surface area contributed by atoms with Gasteiger partial charge in [0.1, 0.15) is 0 Å². The molecule has 2 amide bonds. The molecule has 1 atom stereocenters. The first kappa shape index (κ1) is 39.4. The number of nitrogens with zero attached hydrogens (tertiary/aromatic N) is 5. The summed E-state index contributed by atoms with van der Waals surface area (Å²) in [6.45, 7) is 2.02. The summed E-state index contributed by atoms with van der Waals surface area (Å²) in [7, 11) is 4.02. The van der Waals surface area contributed by atoms with Crippen LogP contribution in [-0.2, 0) is 22.2 Å². The standard InChI is InChI=1S/C36H43F3N8O3.ClH/c1-46(2)17-4-18-50-31-16-13-28(22-42-31)27-6-3-5-24(19-27)20-30(41)34(49)47(33(48)26-9-7-23(21-40)8-10-26)29-14-11-25(12-15-29)32-43-35(45-44-32)36(37,38)39;/h3,5-6,11-16,19,22-23,26,30H,4,7-10,17-18,20-21,40-41H2,1-2H3,(H,43,44,45);1H/t23-,26-,30-;/m0./s1. The van der Waals surface area contributed by atoms with Crippen molar-refractivity contribution in [2.24, 2.45) is 23.3 Å². The molecule has 51 heavy (non-hydrogen) atoms. The fraction of sp³-hybridized carbons (Fsp3) is 0.417. The number of imide groups is 1. The number of aromatic nitrogens is 4. The van der Waals surface area contributed by atoms with E-state index in [1.807, 2.05) is 50.5 Å². The van der Waals surface area contributed by atoms with Gasteiger partial charge < -0.3 is 26.1 Å². The van der Waals surface area contributed by atoms with E-state index in [4.69, 9.17) is 16.2 Å². The molecule has 0 unspecified atom stereocenters. The number of carbonyl (C=O) groups is 2. The Hall–Kier alpha value is -4.37. The number of hydrogen-bond donors (Lipinski definition) is 3. The maximum atomic E-state index is 14.0. The Kier molecular flexibility index (Phi) is 13.7. The first-order valence-corrected chi connectivity index (χ1v) is 16.7. The van der Waals surface area contributed by atoms with Gasteiger partial charge in [0.15, 0.2) is 5.82 Å². The molecular weight excluding hydrogens is 685 g/mol. The van der Waals surface area contributed by atoms with Crippen LogP contribution >= 0.6 is 12.4 Å². The van der Waals surface area contributed by atoms with Gasteiger partial charge in [-0.05, 0) is 107 Å². The number of halogens is 4. The van der Waals surface area contributed by atoms with E-state index in [1.165, 1.54) is 24.3 Å². The van der Waals surface area contributed by atoms with Crippen LogP contribution in [0.2, 0.25) is 0 Å². The maximum Gasteiger partial charge on any atom is 0.451 e. The normalized spacial score (nSPS) is 16.7. The Labute approximate surface area is 301 Å². The molecule has 11 nitrogen and oxygen atoms in total. The second kappa shape index (κ2) is 17.7. The second-order valence-corrected chi connectivity index (χ2v) is 12.9. The topological polar surface area (TPSA) is 156 Å². The summed E-state index contributed by atoms with van der Waals surface area (Å²) in [5.74, 6) is -1.79. The smallest absolute Gasteiger partial charge is 0.451 e. The lowest BCUT2D eigenvalue weighted by Gasteiger charge is -2.32. The number of anilines is 1. The summed E-state index contributed by atoms with van der Waals surface area (Å²) < 4.78 is 44.9. The zero-order chi connectivity index (χ0) is 35.8. The van der Waals surface area contributed by atoms with Crippen LogP contribution in [-0.4, -0.2) is 76.7 Å². The Morgan fingerprint density at radius 3 is 2.29 bits per heavy atom. The number of aromatic amines is 1. The number of H-pyrrole nitrogens is 1. The molecule has 2 heterocycles. The summed E-state index contributed by atoms with van der Waals surface area (Å²) in [5.41, 5.74) is 15.5. The average molecular weight is 729 g/mol. The van der Waals surface area contributed by atoms with E-state index in [0.717, 1.165) is 47.4 Å². The monoisotopic (exact) mass is 728 g/mol. The molecule has 1 aliphatic rings. The number of ether oxygens (including phenoxy) is 1. The zero-order valence-electron chi connectivity index (χ0n) is 28.6. The Bertz CT molecular complexity index is 1730. The highest BCUT2D eigenvalue weighted by Crippen LogP contribution is 2.33. The highest BCUT2D eigenvalue weighted by Gasteiger charge is 2.36. The molecule has 2 aromatic carbocycles. The molecule has 15 heteroatoms. The minimum Gasteiger partial charge on any atom is -0.478 e. The minimum absolute atomic E-state index is 0. The lowest BCUT2D eigenvalue weighted by molar-refractivity contribution is -0.144. The Morgan fingerprint density at radius 1 is 0.980 bits per heavy atom.